The van der Waals surface area contributed by atoms with Crippen molar-refractivity contribution in [2.45, 2.75) is 6.92 Å². The Labute approximate surface area is 125 Å². The molecule has 0 aromatic heterocycles. The number of nitrogens with zero attached hydrogens (tertiary/aromatic N) is 1. The molecule has 3 N–H and O–H groups in total. The van der Waals surface area contributed by atoms with Crippen molar-refractivity contribution in [3.8, 4) is 11.5 Å². The van der Waals surface area contributed by atoms with E-state index in [4.69, 9.17) is 27.5 Å². The first-order valence-electron chi connectivity index (χ1n) is 5.95. The molecule has 0 atom stereocenters. The molecule has 2 aromatic carbocycles. The van der Waals surface area contributed by atoms with E-state index in [1.807, 2.05) is 6.92 Å². The molecule has 21 heavy (non-hydrogen) atoms. The van der Waals surface area contributed by atoms with Crippen molar-refractivity contribution in [1.82, 2.24) is 0 Å². The third-order valence-electron chi connectivity index (χ3n) is 2.84. The van der Waals surface area contributed by atoms with Gasteiger partial charge in [-0.2, -0.15) is 0 Å². The van der Waals surface area contributed by atoms with Crippen LogP contribution in [-0.4, -0.2) is 10.8 Å². The van der Waals surface area contributed by atoms with E-state index in [0.29, 0.717) is 17.1 Å². The number of rotatable bonds is 4. The number of nitro benzene ring substituents is 1. The lowest BCUT2D eigenvalue weighted by Gasteiger charge is -2.09. The van der Waals surface area contributed by atoms with E-state index in [1.165, 1.54) is 18.2 Å². The van der Waals surface area contributed by atoms with E-state index < -0.39 is 4.92 Å². The van der Waals surface area contributed by atoms with Gasteiger partial charge in [0, 0.05) is 17.7 Å². The van der Waals surface area contributed by atoms with Crippen LogP contribution >= 0.6 is 11.6 Å². The van der Waals surface area contributed by atoms with Crippen molar-refractivity contribution in [3.05, 3.63) is 62.7 Å². The highest BCUT2D eigenvalue weighted by molar-refractivity contribution is 6.32. The smallest absolute Gasteiger partial charge is 0.288 e. The zero-order valence-corrected chi connectivity index (χ0v) is 11.8. The van der Waals surface area contributed by atoms with Crippen LogP contribution in [0.3, 0.4) is 0 Å². The fourth-order valence-electron chi connectivity index (χ4n) is 1.84. The molecule has 0 spiro atoms. The Kier molecular flexibility index (Phi) is 4.09. The Morgan fingerprint density at radius 3 is 2.43 bits per heavy atom. The number of amidine groups is 1. The van der Waals surface area contributed by atoms with E-state index in [1.54, 1.807) is 18.2 Å². The minimum atomic E-state index is -0.558. The summed E-state index contributed by atoms with van der Waals surface area (Å²) in [5.41, 5.74) is 6.70. The topological polar surface area (TPSA) is 102 Å². The number of aryl methyl sites for hydroxylation is 1. The molecule has 0 heterocycles. The average Bonchev–Trinajstić information content (AvgIpc) is 2.37. The normalized spacial score (nSPS) is 10.2. The number of nitrogens with one attached hydrogen (secondary N) is 1. The van der Waals surface area contributed by atoms with E-state index >= 15 is 0 Å². The number of nitro groups is 1. The van der Waals surface area contributed by atoms with Crippen LogP contribution in [0.25, 0.3) is 0 Å². The van der Waals surface area contributed by atoms with Crippen LogP contribution < -0.4 is 10.5 Å². The molecule has 7 heteroatoms. The summed E-state index contributed by atoms with van der Waals surface area (Å²) in [6, 6.07) is 9.21. The fraction of sp³-hybridized carbons (Fsp3) is 0.0714. The Morgan fingerprint density at radius 2 is 1.90 bits per heavy atom. The quantitative estimate of drug-likeness (QED) is 0.389. The van der Waals surface area contributed by atoms with E-state index in [9.17, 15) is 10.1 Å². The van der Waals surface area contributed by atoms with Gasteiger partial charge in [0.1, 0.15) is 22.4 Å². The molecule has 0 bridgehead atoms. The highest BCUT2D eigenvalue weighted by Gasteiger charge is 2.13. The third kappa shape index (κ3) is 3.29. The summed E-state index contributed by atoms with van der Waals surface area (Å²) < 4.78 is 5.59. The largest absolute Gasteiger partial charge is 0.457 e. The van der Waals surface area contributed by atoms with Crippen LogP contribution in [0.15, 0.2) is 36.4 Å². The summed E-state index contributed by atoms with van der Waals surface area (Å²) in [5.74, 6) is 0.903. The maximum atomic E-state index is 10.7. The van der Waals surface area contributed by atoms with Gasteiger partial charge in [0.2, 0.25) is 0 Å². The van der Waals surface area contributed by atoms with Crippen LogP contribution in [0, 0.1) is 22.4 Å². The number of benzene rings is 2. The van der Waals surface area contributed by atoms with Gasteiger partial charge in [-0.3, -0.25) is 15.5 Å². The first kappa shape index (κ1) is 14.8. The summed E-state index contributed by atoms with van der Waals surface area (Å²) >= 11 is 5.82. The van der Waals surface area contributed by atoms with Crippen LogP contribution in [0.4, 0.5) is 5.69 Å². The average molecular weight is 306 g/mol. The Balaban J connectivity index is 2.26. The molecule has 0 saturated carbocycles. The molecule has 0 unspecified atom stereocenters. The molecular weight excluding hydrogens is 294 g/mol. The van der Waals surface area contributed by atoms with Gasteiger partial charge in [0.15, 0.2) is 0 Å². The molecular formula is C14H12ClN3O3. The van der Waals surface area contributed by atoms with Crippen molar-refractivity contribution in [2.75, 3.05) is 0 Å². The Bertz CT molecular complexity index is 670. The predicted octanol–water partition coefficient (Wildman–Crippen LogP) is 3.63. The van der Waals surface area contributed by atoms with Gasteiger partial charge in [-0.15, -0.1) is 0 Å². The molecule has 2 aromatic rings. The highest BCUT2D eigenvalue weighted by Crippen LogP contribution is 2.31. The molecule has 0 amide bonds. The maximum Gasteiger partial charge on any atom is 0.288 e. The molecule has 6 nitrogen and oxygen atoms in total. The maximum absolute atomic E-state index is 10.7. The minimum absolute atomic E-state index is 0.00887. The predicted molar refractivity (Wildman–Crippen MR) is 80.4 cm³/mol. The van der Waals surface area contributed by atoms with Gasteiger partial charge < -0.3 is 10.5 Å². The minimum Gasteiger partial charge on any atom is -0.457 e. The number of hydrogen-bond acceptors (Lipinski definition) is 4. The molecule has 108 valence electrons. The van der Waals surface area contributed by atoms with Crippen molar-refractivity contribution in [3.63, 3.8) is 0 Å². The molecule has 0 aliphatic heterocycles. The highest BCUT2D eigenvalue weighted by atomic mass is 35.5. The molecule has 0 radical (unpaired) electrons. The van der Waals surface area contributed by atoms with E-state index in [0.717, 1.165) is 5.56 Å². The Hall–Kier alpha value is -2.60. The monoisotopic (exact) mass is 305 g/mol. The van der Waals surface area contributed by atoms with Crippen LogP contribution in [0.5, 0.6) is 11.5 Å². The zero-order valence-electron chi connectivity index (χ0n) is 11.1. The lowest BCUT2D eigenvalue weighted by Crippen LogP contribution is -2.12. The van der Waals surface area contributed by atoms with Crippen molar-refractivity contribution in [1.29, 1.82) is 5.41 Å². The lowest BCUT2D eigenvalue weighted by molar-refractivity contribution is -0.384. The van der Waals surface area contributed by atoms with Gasteiger partial charge in [-0.1, -0.05) is 11.6 Å². The van der Waals surface area contributed by atoms with Gasteiger partial charge in [-0.25, -0.2) is 0 Å². The van der Waals surface area contributed by atoms with Crippen LogP contribution in [0.1, 0.15) is 11.1 Å². The number of nitrogens with two attached hydrogens (primary N) is 1. The van der Waals surface area contributed by atoms with Gasteiger partial charge >= 0.3 is 0 Å². The second kappa shape index (κ2) is 5.80. The number of hydrogen-bond donors (Lipinski definition) is 2. The number of nitrogen functional groups attached to an aromatic ring is 1. The number of ether oxygens (including phenoxy) is 1. The SMILES string of the molecule is Cc1cc(Oc2ccc([N+](=O)[O-])c(Cl)c2)ccc1C(=N)N. The summed E-state index contributed by atoms with van der Waals surface area (Å²) in [6.45, 7) is 1.81. The van der Waals surface area contributed by atoms with Gasteiger partial charge in [0.05, 0.1) is 4.92 Å². The molecule has 0 saturated heterocycles. The Morgan fingerprint density at radius 1 is 1.29 bits per heavy atom. The summed E-state index contributed by atoms with van der Waals surface area (Å²) in [7, 11) is 0. The van der Waals surface area contributed by atoms with Gasteiger partial charge in [0.25, 0.3) is 5.69 Å². The lowest BCUT2D eigenvalue weighted by atomic mass is 10.1. The zero-order chi connectivity index (χ0) is 15.6. The molecule has 2 rings (SSSR count). The third-order valence-corrected chi connectivity index (χ3v) is 3.14. The van der Waals surface area contributed by atoms with E-state index in [-0.39, 0.29) is 16.5 Å². The van der Waals surface area contributed by atoms with Crippen LogP contribution in [0.2, 0.25) is 5.02 Å². The second-order valence-electron chi connectivity index (χ2n) is 4.36. The first-order valence-corrected chi connectivity index (χ1v) is 6.33. The fourth-order valence-corrected chi connectivity index (χ4v) is 2.08. The van der Waals surface area contributed by atoms with E-state index in [2.05, 4.69) is 0 Å². The van der Waals surface area contributed by atoms with Crippen molar-refractivity contribution in [2.24, 2.45) is 5.73 Å². The van der Waals surface area contributed by atoms with Crippen molar-refractivity contribution < 1.29 is 9.66 Å². The summed E-state index contributed by atoms with van der Waals surface area (Å²) in [5, 5.41) is 18.1. The summed E-state index contributed by atoms with van der Waals surface area (Å²) in [4.78, 5) is 10.1. The van der Waals surface area contributed by atoms with Gasteiger partial charge in [-0.05, 0) is 36.8 Å². The standard InChI is InChI=1S/C14H12ClN3O3/c1-8-6-9(2-4-11(8)14(16)17)21-10-3-5-13(18(19)20)12(15)7-10/h2-7H,1H3,(H3,16,17). The number of halogens is 1. The molecule has 0 aliphatic rings. The molecule has 0 aliphatic carbocycles. The second-order valence-corrected chi connectivity index (χ2v) is 4.77. The first-order chi connectivity index (χ1) is 9.88. The van der Waals surface area contributed by atoms with Crippen molar-refractivity contribution >= 4 is 23.1 Å². The molecule has 0 fully saturated rings. The van der Waals surface area contributed by atoms with Crippen LogP contribution in [-0.2, 0) is 0 Å². The summed E-state index contributed by atoms with van der Waals surface area (Å²) in [6.07, 6.45) is 0.